The van der Waals surface area contributed by atoms with Gasteiger partial charge in [-0.2, -0.15) is 0 Å². The number of imide groups is 3. The number of ether oxygens (including phenoxy) is 4. The highest BCUT2D eigenvalue weighted by molar-refractivity contribution is 6.14. The minimum atomic E-state index is -0.623. The summed E-state index contributed by atoms with van der Waals surface area (Å²) in [6, 6.07) is 32.8. The predicted octanol–water partition coefficient (Wildman–Crippen LogP) is 2.61. The molecule has 4 aromatic carbocycles. The number of benzene rings is 6. The molecule has 1 saturated heterocycles. The van der Waals surface area contributed by atoms with E-state index in [1.54, 1.807) is 28.4 Å². The van der Waals surface area contributed by atoms with Gasteiger partial charge in [0.1, 0.15) is 79.7 Å². The number of rotatable bonds is 27. The number of anilines is 4. The summed E-state index contributed by atoms with van der Waals surface area (Å²) >= 11 is 0. The molecule has 2 N–H and O–H groups in total. The van der Waals surface area contributed by atoms with Gasteiger partial charge in [-0.1, -0.05) is 0 Å². The quantitative estimate of drug-likeness (QED) is 0.0441. The fourth-order valence-electron chi connectivity index (χ4n) is 12.7. The number of amides is 6. The smallest absolute Gasteiger partial charge is 0.333 e. The van der Waals surface area contributed by atoms with Crippen molar-refractivity contribution >= 4 is 91.9 Å². The van der Waals surface area contributed by atoms with Gasteiger partial charge in [-0.15, -0.1) is 5.06 Å². The van der Waals surface area contributed by atoms with Crippen molar-refractivity contribution in [2.75, 3.05) is 150 Å². The molecule has 5 heterocycles. The number of halogens is 2. The van der Waals surface area contributed by atoms with Gasteiger partial charge in [0.05, 0.1) is 51.9 Å². The van der Waals surface area contributed by atoms with Crippen LogP contribution in [-0.2, 0) is 43.2 Å². The van der Waals surface area contributed by atoms with Crippen molar-refractivity contribution in [3.8, 4) is 67.9 Å². The zero-order chi connectivity index (χ0) is 75.2. The number of carbonyl (C=O) groups is 8. The maximum absolute atomic E-state index is 12.7. The van der Waals surface area contributed by atoms with E-state index in [4.69, 9.17) is 38.4 Å². The summed E-state index contributed by atoms with van der Waals surface area (Å²) in [5.41, 5.74) is 16.0. The van der Waals surface area contributed by atoms with Crippen LogP contribution in [0, 0.1) is 0 Å². The third-order valence-corrected chi connectivity index (χ3v) is 18.3. The van der Waals surface area contributed by atoms with Crippen LogP contribution in [-0.4, -0.2) is 193 Å². The van der Waals surface area contributed by atoms with E-state index in [2.05, 4.69) is 86.9 Å². The Morgan fingerprint density at radius 3 is 1.26 bits per heavy atom. The Kier molecular flexibility index (Phi) is 29.0. The summed E-state index contributed by atoms with van der Waals surface area (Å²) < 4.78 is 41.1. The molecule has 0 atom stereocenters. The fourth-order valence-corrected chi connectivity index (χ4v) is 12.7. The van der Waals surface area contributed by atoms with Crippen LogP contribution in [0.25, 0.3) is 66.8 Å². The van der Waals surface area contributed by atoms with E-state index in [1.807, 2.05) is 109 Å². The summed E-state index contributed by atoms with van der Waals surface area (Å²) in [6.45, 7) is 7.46. The highest BCUT2D eigenvalue weighted by Crippen LogP contribution is 2.50. The standard InChI is InChI=1S/C38H45N4O6.C35H41N4O7.C6H8N2O2.2ClH/c1-8-41(19-9-11-27(43)12-10-20-42-36(44)17-18-37(42)45)31-24-32(46-6)30(23-35(31)47-7)38-28-15-13-25(39(2)3)21-33(28)48-34-22-26(40(4)5)14-16-29(34)38;1-8-38(17-9-10-34(42)46-39-32(40)15-16-33(39)41)27-21-28(43-6)26(20-31(27)44-7)35-24-13-11-22(36(2)3)18-29(24)45-30-19-23(37(4)5)12-14-25(30)35;7-3-4-8-5(9)1-2-6(8)10;;/h13-18,21-24H,8-12,19-20H2,1-7H3;11-14,18-21H,8-10,15-17H2,1-7H3;1-2H,3-4,7H2;2*1H/q2*+1;;;/p-2. The minimum Gasteiger partial charge on any atom is -1.00 e. The first-order valence-corrected chi connectivity index (χ1v) is 34.6. The Hall–Kier alpha value is -10.8. The Morgan fingerprint density at radius 1 is 0.491 bits per heavy atom. The third kappa shape index (κ3) is 18.8. The minimum absolute atomic E-state index is 0. The van der Waals surface area contributed by atoms with E-state index in [-0.39, 0.29) is 80.0 Å². The van der Waals surface area contributed by atoms with Gasteiger partial charge in [0.15, 0.2) is 0 Å². The van der Waals surface area contributed by atoms with Gasteiger partial charge < -0.3 is 82.8 Å². The molecule has 106 heavy (non-hydrogen) atoms. The van der Waals surface area contributed by atoms with Gasteiger partial charge in [-0.3, -0.25) is 43.4 Å². The number of nitrogens with zero attached hydrogens (tertiary/aromatic N) is 9. The molecule has 2 aliphatic carbocycles. The highest BCUT2D eigenvalue weighted by Gasteiger charge is 2.34. The van der Waals surface area contributed by atoms with E-state index in [0.29, 0.717) is 99.4 Å². The lowest BCUT2D eigenvalue weighted by molar-refractivity contribution is -0.197. The van der Waals surface area contributed by atoms with Gasteiger partial charge in [0.25, 0.3) is 35.4 Å². The molecule has 11 rings (SSSR count). The number of hydrogen-bond acceptors (Lipinski definition) is 20. The predicted molar refractivity (Wildman–Crippen MR) is 402 cm³/mol. The summed E-state index contributed by atoms with van der Waals surface area (Å²) in [7, 11) is 22.7. The number of Topliss-reactive ketones (excluding diaryl/α,β-unsaturated/α-hetero) is 1. The molecule has 4 aromatic rings. The summed E-state index contributed by atoms with van der Waals surface area (Å²) in [4.78, 5) is 109. The van der Waals surface area contributed by atoms with Gasteiger partial charge >= 0.3 is 5.97 Å². The van der Waals surface area contributed by atoms with E-state index in [9.17, 15) is 38.4 Å². The maximum atomic E-state index is 12.7. The first-order valence-electron chi connectivity index (χ1n) is 34.6. The number of fused-ring (bicyclic) bond motifs is 4. The lowest BCUT2D eigenvalue weighted by Crippen LogP contribution is -3.00. The number of nitrogens with two attached hydrogens (primary N) is 1. The average Bonchev–Trinajstić information content (AvgIpc) is 0.835. The Morgan fingerprint density at radius 2 is 0.887 bits per heavy atom. The van der Waals surface area contributed by atoms with Gasteiger partial charge in [0.2, 0.25) is 10.7 Å². The molecule has 564 valence electrons. The van der Waals surface area contributed by atoms with Gasteiger partial charge in [0, 0.05) is 222 Å². The lowest BCUT2D eigenvalue weighted by Gasteiger charge is -2.27. The number of carbonyl (C=O) groups excluding carboxylic acids is 8. The summed E-state index contributed by atoms with van der Waals surface area (Å²) in [6.07, 6.45) is 7.48. The fraction of sp³-hybridized carbons (Fsp3) is 0.367. The average molecular weight is 1490 g/mol. The maximum Gasteiger partial charge on any atom is 0.333 e. The number of hydrogen-bond donors (Lipinski definition) is 1. The zero-order valence-corrected chi connectivity index (χ0v) is 64.1. The van der Waals surface area contributed by atoms with Crippen LogP contribution in [0.1, 0.15) is 65.2 Å². The van der Waals surface area contributed by atoms with Crippen LogP contribution in [0.5, 0.6) is 23.0 Å². The molecule has 0 bridgehead atoms. The Bertz CT molecular complexity index is 4690. The molecule has 0 unspecified atom stereocenters. The number of hydroxylamine groups is 2. The molecule has 0 aromatic heterocycles. The van der Waals surface area contributed by atoms with Crippen LogP contribution in [0.4, 0.5) is 22.7 Å². The van der Waals surface area contributed by atoms with Crippen LogP contribution in [0.3, 0.4) is 0 Å². The summed E-state index contributed by atoms with van der Waals surface area (Å²) in [5.74, 6) is 1.54. The molecular formula is C79H94Cl2N10O15. The molecule has 0 radical (unpaired) electrons. The van der Waals surface area contributed by atoms with E-state index < -0.39 is 17.8 Å². The largest absolute Gasteiger partial charge is 1.00 e. The van der Waals surface area contributed by atoms with E-state index >= 15 is 0 Å². The Labute approximate surface area is 629 Å². The molecule has 0 saturated carbocycles. The van der Waals surface area contributed by atoms with Crippen LogP contribution in [0.2, 0.25) is 0 Å². The van der Waals surface area contributed by atoms with Crippen LogP contribution in [0.15, 0.2) is 130 Å². The van der Waals surface area contributed by atoms with Crippen molar-refractivity contribution in [1.82, 2.24) is 24.0 Å². The number of ketones is 1. The SMILES string of the molecule is CCN(CCCC(=O)CCCN1C(=O)C=CC1=O)c1cc(OC)c(-c2c3ccc(=[N+](C)C)cc-3oc3cc(N(C)C)ccc23)cc1OC.CCN(CCCC(=O)ON1C(=O)CCC1=O)c1cc(OC)c(-c2c3ccc(=[N+](C)C)cc-3oc3cc(N(C)C)ccc23)cc1OC.NCCN1C(=O)C=CC1=O.[Cl-].[Cl-]. The van der Waals surface area contributed by atoms with Crippen molar-refractivity contribution < 1.29 is 95.8 Å². The molecule has 25 nitrogen and oxygen atoms in total. The molecule has 6 amide bonds. The molecule has 0 spiro atoms. The van der Waals surface area contributed by atoms with Crippen molar-refractivity contribution in [2.45, 2.75) is 65.2 Å². The molecule has 5 aliphatic heterocycles. The first kappa shape index (κ1) is 82.5. The number of methoxy groups -OCH3 is 4. The van der Waals surface area contributed by atoms with Crippen molar-refractivity contribution in [3.63, 3.8) is 0 Å². The first-order chi connectivity index (χ1) is 49.9. The molecule has 27 heteroatoms. The van der Waals surface area contributed by atoms with Gasteiger partial charge in [-0.25, -0.2) is 13.9 Å². The van der Waals surface area contributed by atoms with Gasteiger partial charge in [-0.05, 0) is 81.6 Å². The highest BCUT2D eigenvalue weighted by atomic mass is 35.5. The molecule has 7 aliphatic rings. The van der Waals surface area contributed by atoms with Crippen molar-refractivity contribution in [1.29, 1.82) is 0 Å². The normalized spacial score (nSPS) is 13.0. The van der Waals surface area contributed by atoms with Crippen molar-refractivity contribution in [2.24, 2.45) is 5.73 Å². The second kappa shape index (κ2) is 37.3. The second-order valence-electron chi connectivity index (χ2n) is 25.9. The van der Waals surface area contributed by atoms with Crippen LogP contribution < -0.4 is 89.0 Å². The van der Waals surface area contributed by atoms with E-state index in [0.717, 1.165) is 105 Å². The zero-order valence-electron chi connectivity index (χ0n) is 62.6. The van der Waals surface area contributed by atoms with Crippen molar-refractivity contribution in [3.05, 3.63) is 132 Å². The molecular weight excluding hydrogens is 1400 g/mol. The second-order valence-corrected chi connectivity index (χ2v) is 25.9. The topological polar surface area (TPSA) is 264 Å². The monoisotopic (exact) mass is 1490 g/mol. The van der Waals surface area contributed by atoms with E-state index in [1.165, 1.54) is 29.2 Å². The molecule has 1 fully saturated rings. The lowest BCUT2D eigenvalue weighted by atomic mass is 9.92. The Balaban J connectivity index is 0.000000257. The third-order valence-electron chi connectivity index (χ3n) is 18.3. The summed E-state index contributed by atoms with van der Waals surface area (Å²) in [5, 5.41) is 4.53. The van der Waals surface area contributed by atoms with Crippen LogP contribution >= 0.6 is 0 Å².